The van der Waals surface area contributed by atoms with Gasteiger partial charge in [-0.05, 0) is 31.5 Å². The Balaban J connectivity index is 1.94. The third kappa shape index (κ3) is 3.40. The Labute approximate surface area is 113 Å². The molecule has 0 bridgehead atoms. The number of hydrogen-bond donors (Lipinski definition) is 2. The second-order valence-electron chi connectivity index (χ2n) is 4.36. The first kappa shape index (κ1) is 13.3. The number of nitrogens with two attached hydrogens (primary N) is 1. The predicted molar refractivity (Wildman–Crippen MR) is 77.5 cm³/mol. The molecular formula is C14H20N4O. The molecule has 0 aliphatic rings. The number of rotatable bonds is 6. The predicted octanol–water partition coefficient (Wildman–Crippen LogP) is 2.28. The summed E-state index contributed by atoms with van der Waals surface area (Å²) in [5.74, 6) is 0.724. The van der Waals surface area contributed by atoms with E-state index >= 15 is 0 Å². The molecule has 1 aromatic heterocycles. The Morgan fingerprint density at radius 2 is 2.26 bits per heavy atom. The largest absolute Gasteiger partial charge is 0.492 e. The molecule has 1 heterocycles. The minimum Gasteiger partial charge on any atom is -0.492 e. The van der Waals surface area contributed by atoms with Gasteiger partial charge in [0.2, 0.25) is 0 Å². The Morgan fingerprint density at radius 1 is 1.42 bits per heavy atom. The van der Waals surface area contributed by atoms with Gasteiger partial charge in [0.05, 0.1) is 30.7 Å². The third-order valence-electron chi connectivity index (χ3n) is 2.78. The van der Waals surface area contributed by atoms with Gasteiger partial charge in [-0.15, -0.1) is 0 Å². The molecule has 0 spiro atoms. The van der Waals surface area contributed by atoms with Gasteiger partial charge in [-0.25, -0.2) is 0 Å². The maximum atomic E-state index is 6.04. The molecule has 0 radical (unpaired) electrons. The molecule has 0 amide bonds. The molecule has 0 aliphatic heterocycles. The standard InChI is InChI=1S/C14H20N4O/c1-3-19-13-6-4-5-12(14(13)15)16-7-8-18-10-11(2)9-17-18/h4-6,9-10,16H,3,7-8,15H2,1-2H3. The molecule has 3 N–H and O–H groups in total. The van der Waals surface area contributed by atoms with Crippen molar-refractivity contribution in [1.29, 1.82) is 0 Å². The summed E-state index contributed by atoms with van der Waals surface area (Å²) in [5.41, 5.74) is 8.76. The van der Waals surface area contributed by atoms with Gasteiger partial charge >= 0.3 is 0 Å². The SMILES string of the molecule is CCOc1cccc(NCCn2cc(C)cn2)c1N. The van der Waals surface area contributed by atoms with Crippen LogP contribution in [0.1, 0.15) is 12.5 Å². The number of aryl methyl sites for hydroxylation is 1. The van der Waals surface area contributed by atoms with Crippen LogP contribution in [0.25, 0.3) is 0 Å². The van der Waals surface area contributed by atoms with Crippen molar-refractivity contribution >= 4 is 11.4 Å². The molecule has 19 heavy (non-hydrogen) atoms. The summed E-state index contributed by atoms with van der Waals surface area (Å²) in [6.45, 7) is 6.15. The first-order chi connectivity index (χ1) is 9.20. The number of nitrogens with zero attached hydrogens (tertiary/aromatic N) is 2. The highest BCUT2D eigenvalue weighted by Gasteiger charge is 2.04. The summed E-state index contributed by atoms with van der Waals surface area (Å²) in [6.07, 6.45) is 3.87. The molecule has 5 heteroatoms. The van der Waals surface area contributed by atoms with Crippen LogP contribution in [-0.4, -0.2) is 22.9 Å². The van der Waals surface area contributed by atoms with Gasteiger partial charge in [0, 0.05) is 12.7 Å². The lowest BCUT2D eigenvalue weighted by Gasteiger charge is -2.13. The lowest BCUT2D eigenvalue weighted by atomic mass is 10.2. The van der Waals surface area contributed by atoms with E-state index in [1.807, 2.05) is 49.1 Å². The highest BCUT2D eigenvalue weighted by molar-refractivity contribution is 5.72. The second-order valence-corrected chi connectivity index (χ2v) is 4.36. The van der Waals surface area contributed by atoms with E-state index in [0.29, 0.717) is 12.3 Å². The van der Waals surface area contributed by atoms with Crippen LogP contribution in [0.3, 0.4) is 0 Å². The molecule has 102 valence electrons. The molecule has 2 aromatic rings. The maximum absolute atomic E-state index is 6.04. The maximum Gasteiger partial charge on any atom is 0.144 e. The van der Waals surface area contributed by atoms with Crippen molar-refractivity contribution in [2.45, 2.75) is 20.4 Å². The molecule has 0 atom stereocenters. The Kier molecular flexibility index (Phi) is 4.28. The van der Waals surface area contributed by atoms with Crippen molar-refractivity contribution in [3.05, 3.63) is 36.2 Å². The minimum atomic E-state index is 0.611. The van der Waals surface area contributed by atoms with Gasteiger partial charge in [-0.3, -0.25) is 4.68 Å². The lowest BCUT2D eigenvalue weighted by molar-refractivity contribution is 0.342. The van der Waals surface area contributed by atoms with Crippen molar-refractivity contribution in [2.75, 3.05) is 24.2 Å². The molecule has 0 fully saturated rings. The van der Waals surface area contributed by atoms with Crippen LogP contribution >= 0.6 is 0 Å². The smallest absolute Gasteiger partial charge is 0.144 e. The van der Waals surface area contributed by atoms with Crippen LogP contribution < -0.4 is 15.8 Å². The van der Waals surface area contributed by atoms with Crippen molar-refractivity contribution in [1.82, 2.24) is 9.78 Å². The number of nitrogen functional groups attached to an aromatic ring is 1. The number of ether oxygens (including phenoxy) is 1. The zero-order chi connectivity index (χ0) is 13.7. The van der Waals surface area contributed by atoms with Crippen LogP contribution in [0.2, 0.25) is 0 Å². The summed E-state index contributed by atoms with van der Waals surface area (Å²) in [5, 5.41) is 7.54. The van der Waals surface area contributed by atoms with E-state index in [1.54, 1.807) is 0 Å². The Morgan fingerprint density at radius 3 is 2.95 bits per heavy atom. The first-order valence-corrected chi connectivity index (χ1v) is 6.45. The minimum absolute atomic E-state index is 0.611. The van der Waals surface area contributed by atoms with Crippen molar-refractivity contribution < 1.29 is 4.74 Å². The fourth-order valence-corrected chi connectivity index (χ4v) is 1.87. The summed E-state index contributed by atoms with van der Waals surface area (Å²) in [6, 6.07) is 5.76. The van der Waals surface area contributed by atoms with Crippen LogP contribution in [0.5, 0.6) is 5.75 Å². The first-order valence-electron chi connectivity index (χ1n) is 6.45. The van der Waals surface area contributed by atoms with Crippen molar-refractivity contribution in [3.8, 4) is 5.75 Å². The zero-order valence-corrected chi connectivity index (χ0v) is 11.4. The van der Waals surface area contributed by atoms with E-state index in [1.165, 1.54) is 0 Å². The van der Waals surface area contributed by atoms with Crippen LogP contribution in [0.15, 0.2) is 30.6 Å². The van der Waals surface area contributed by atoms with E-state index in [9.17, 15) is 0 Å². The van der Waals surface area contributed by atoms with Gasteiger partial charge in [0.15, 0.2) is 0 Å². The Hall–Kier alpha value is -2.17. The monoisotopic (exact) mass is 260 g/mol. The van der Waals surface area contributed by atoms with E-state index in [4.69, 9.17) is 10.5 Å². The summed E-state index contributed by atoms with van der Waals surface area (Å²) >= 11 is 0. The zero-order valence-electron chi connectivity index (χ0n) is 11.4. The van der Waals surface area contributed by atoms with Crippen molar-refractivity contribution in [2.24, 2.45) is 0 Å². The molecule has 5 nitrogen and oxygen atoms in total. The molecule has 0 aliphatic carbocycles. The highest BCUT2D eigenvalue weighted by atomic mass is 16.5. The van der Waals surface area contributed by atoms with Gasteiger partial charge < -0.3 is 15.8 Å². The number of hydrogen-bond acceptors (Lipinski definition) is 4. The second kappa shape index (κ2) is 6.13. The molecule has 0 saturated carbocycles. The molecule has 0 saturated heterocycles. The fourth-order valence-electron chi connectivity index (χ4n) is 1.87. The number of benzene rings is 1. The third-order valence-corrected chi connectivity index (χ3v) is 2.78. The number of nitrogens with one attached hydrogen (secondary N) is 1. The number of para-hydroxylation sites is 1. The molecule has 0 unspecified atom stereocenters. The average molecular weight is 260 g/mol. The van der Waals surface area contributed by atoms with E-state index in [-0.39, 0.29) is 0 Å². The quantitative estimate of drug-likeness (QED) is 0.782. The van der Waals surface area contributed by atoms with Crippen LogP contribution in [0, 0.1) is 6.92 Å². The number of aromatic nitrogens is 2. The topological polar surface area (TPSA) is 65.1 Å². The summed E-state index contributed by atoms with van der Waals surface area (Å²) < 4.78 is 7.37. The van der Waals surface area contributed by atoms with Gasteiger partial charge in [0.1, 0.15) is 5.75 Å². The van der Waals surface area contributed by atoms with Crippen LogP contribution in [-0.2, 0) is 6.54 Å². The average Bonchev–Trinajstić information content (AvgIpc) is 2.80. The highest BCUT2D eigenvalue weighted by Crippen LogP contribution is 2.29. The number of anilines is 2. The van der Waals surface area contributed by atoms with Gasteiger partial charge in [-0.1, -0.05) is 6.07 Å². The molecule has 1 aromatic carbocycles. The van der Waals surface area contributed by atoms with E-state index < -0.39 is 0 Å². The van der Waals surface area contributed by atoms with Crippen LogP contribution in [0.4, 0.5) is 11.4 Å². The Bertz CT molecular complexity index is 536. The van der Waals surface area contributed by atoms with E-state index in [2.05, 4.69) is 10.4 Å². The molecular weight excluding hydrogens is 240 g/mol. The lowest BCUT2D eigenvalue weighted by Crippen LogP contribution is -2.12. The fraction of sp³-hybridized carbons (Fsp3) is 0.357. The normalized spacial score (nSPS) is 10.4. The summed E-state index contributed by atoms with van der Waals surface area (Å²) in [7, 11) is 0. The summed E-state index contributed by atoms with van der Waals surface area (Å²) in [4.78, 5) is 0. The van der Waals surface area contributed by atoms with Gasteiger partial charge in [-0.2, -0.15) is 5.10 Å². The molecule has 2 rings (SSSR count). The van der Waals surface area contributed by atoms with Crippen molar-refractivity contribution in [3.63, 3.8) is 0 Å². The van der Waals surface area contributed by atoms with E-state index in [0.717, 1.165) is 30.1 Å². The van der Waals surface area contributed by atoms with Gasteiger partial charge in [0.25, 0.3) is 0 Å².